The van der Waals surface area contributed by atoms with Crippen molar-refractivity contribution in [3.05, 3.63) is 21.3 Å². The van der Waals surface area contributed by atoms with Crippen LogP contribution in [0.15, 0.2) is 26.3 Å². The van der Waals surface area contributed by atoms with E-state index in [1.807, 2.05) is 5.38 Å². The minimum atomic E-state index is 0.788. The van der Waals surface area contributed by atoms with Gasteiger partial charge in [-0.15, -0.1) is 22.7 Å². The zero-order valence-corrected chi connectivity index (χ0v) is 15.2. The first-order valence-electron chi connectivity index (χ1n) is 7.89. The largest absolute Gasteiger partial charge is 0.356 e. The molecular weight excluding hydrogens is 340 g/mol. The predicted molar refractivity (Wildman–Crippen MR) is 102 cm³/mol. The predicted octanol–water partition coefficient (Wildman–Crippen LogP) is 3.28. The molecule has 2 aromatic rings. The Balaban J connectivity index is 1.54. The van der Waals surface area contributed by atoms with Gasteiger partial charge in [0.15, 0.2) is 11.1 Å². The zero-order chi connectivity index (χ0) is 16.5. The lowest BCUT2D eigenvalue weighted by molar-refractivity contribution is 0.740. The van der Waals surface area contributed by atoms with Crippen LogP contribution >= 0.6 is 22.7 Å². The lowest BCUT2D eigenvalue weighted by atomic mass is 10.1. The third kappa shape index (κ3) is 2.99. The molecule has 0 spiro atoms. The van der Waals surface area contributed by atoms with E-state index >= 15 is 0 Å². The Bertz CT molecular complexity index is 858. The number of anilines is 1. The van der Waals surface area contributed by atoms with Crippen LogP contribution < -0.4 is 10.6 Å². The SMILES string of the molecule is CC1=NCC(C)=C1c1nc(-c2csc(NC3=NCCCN3)n2)cs1. The van der Waals surface area contributed by atoms with Gasteiger partial charge in [0.2, 0.25) is 0 Å². The molecule has 0 amide bonds. The van der Waals surface area contributed by atoms with E-state index in [4.69, 9.17) is 4.98 Å². The summed E-state index contributed by atoms with van der Waals surface area (Å²) < 4.78 is 0. The molecule has 4 heterocycles. The van der Waals surface area contributed by atoms with Crippen LogP contribution in [0.2, 0.25) is 0 Å². The van der Waals surface area contributed by atoms with E-state index in [0.717, 1.165) is 59.3 Å². The lowest BCUT2D eigenvalue weighted by Gasteiger charge is -2.13. The van der Waals surface area contributed by atoms with Crippen molar-refractivity contribution in [3.63, 3.8) is 0 Å². The highest BCUT2D eigenvalue weighted by molar-refractivity contribution is 7.14. The van der Waals surface area contributed by atoms with Crippen molar-refractivity contribution in [2.75, 3.05) is 25.0 Å². The summed E-state index contributed by atoms with van der Waals surface area (Å²) in [5.74, 6) is 0.805. The fraction of sp³-hybridized carbons (Fsp3) is 0.375. The highest BCUT2D eigenvalue weighted by Crippen LogP contribution is 2.32. The van der Waals surface area contributed by atoms with Crippen molar-refractivity contribution in [1.29, 1.82) is 0 Å². The van der Waals surface area contributed by atoms with Gasteiger partial charge in [-0.2, -0.15) is 0 Å². The topological polar surface area (TPSA) is 74.6 Å². The second-order valence-corrected chi connectivity index (χ2v) is 7.48. The summed E-state index contributed by atoms with van der Waals surface area (Å²) in [5, 5.41) is 12.4. The molecule has 0 bridgehead atoms. The second kappa shape index (κ2) is 6.45. The van der Waals surface area contributed by atoms with Gasteiger partial charge in [0.25, 0.3) is 0 Å². The molecule has 0 saturated heterocycles. The molecule has 2 aliphatic rings. The van der Waals surface area contributed by atoms with Gasteiger partial charge in [0.1, 0.15) is 16.4 Å². The van der Waals surface area contributed by atoms with Gasteiger partial charge in [-0.25, -0.2) is 9.97 Å². The van der Waals surface area contributed by atoms with Crippen LogP contribution in [0.1, 0.15) is 25.3 Å². The van der Waals surface area contributed by atoms with Crippen molar-refractivity contribution in [2.24, 2.45) is 9.98 Å². The number of nitrogens with zero attached hydrogens (tertiary/aromatic N) is 4. The molecule has 8 heteroatoms. The molecule has 0 unspecified atom stereocenters. The highest BCUT2D eigenvalue weighted by atomic mass is 32.1. The van der Waals surface area contributed by atoms with Crippen LogP contribution in [0.3, 0.4) is 0 Å². The van der Waals surface area contributed by atoms with Crippen LogP contribution in [0, 0.1) is 0 Å². The van der Waals surface area contributed by atoms with Crippen molar-refractivity contribution in [3.8, 4) is 11.4 Å². The number of hydrogen-bond acceptors (Lipinski definition) is 8. The molecule has 4 rings (SSSR count). The molecule has 0 atom stereocenters. The molecule has 0 saturated carbocycles. The van der Waals surface area contributed by atoms with Crippen LogP contribution in [0.4, 0.5) is 5.13 Å². The van der Waals surface area contributed by atoms with Crippen molar-refractivity contribution < 1.29 is 0 Å². The average molecular weight is 358 g/mol. The summed E-state index contributed by atoms with van der Waals surface area (Å²) in [4.78, 5) is 18.3. The molecule has 0 aromatic carbocycles. The van der Waals surface area contributed by atoms with E-state index < -0.39 is 0 Å². The number of rotatable bonds is 3. The number of aliphatic imine (C=N–C) groups is 2. The Hall–Kier alpha value is -2.06. The number of allylic oxidation sites excluding steroid dienone is 1. The summed E-state index contributed by atoms with van der Waals surface area (Å²) in [6.07, 6.45) is 1.08. The van der Waals surface area contributed by atoms with Gasteiger partial charge < -0.3 is 10.6 Å². The Labute approximate surface area is 148 Å². The smallest absolute Gasteiger partial charge is 0.197 e. The standard InChI is InChI=1S/C16H18N6S2/c1-9-6-19-10(2)13(9)14-20-11(7-23-14)12-8-24-16(21-12)22-15-17-4-3-5-18-15/h7-8H,3-6H2,1-2H3,(H2,17,18,21,22). The second-order valence-electron chi connectivity index (χ2n) is 5.77. The van der Waals surface area contributed by atoms with E-state index in [2.05, 4.69) is 44.8 Å². The van der Waals surface area contributed by atoms with Crippen LogP contribution in [0.5, 0.6) is 0 Å². The van der Waals surface area contributed by atoms with Crippen molar-refractivity contribution in [1.82, 2.24) is 15.3 Å². The first-order valence-corrected chi connectivity index (χ1v) is 9.65. The fourth-order valence-corrected chi connectivity index (χ4v) is 4.40. The zero-order valence-electron chi connectivity index (χ0n) is 13.6. The average Bonchev–Trinajstić information content (AvgIpc) is 3.29. The summed E-state index contributed by atoms with van der Waals surface area (Å²) in [5.41, 5.74) is 5.37. The first kappa shape index (κ1) is 15.5. The minimum Gasteiger partial charge on any atom is -0.356 e. The Morgan fingerprint density at radius 1 is 1.08 bits per heavy atom. The van der Waals surface area contributed by atoms with E-state index in [0.29, 0.717) is 0 Å². The summed E-state index contributed by atoms with van der Waals surface area (Å²) in [6, 6.07) is 0. The maximum Gasteiger partial charge on any atom is 0.197 e. The number of guanidine groups is 1. The minimum absolute atomic E-state index is 0.788. The molecule has 2 aromatic heterocycles. The highest BCUT2D eigenvalue weighted by Gasteiger charge is 2.19. The fourth-order valence-electron chi connectivity index (χ4n) is 2.71. The molecular formula is C16H18N6S2. The monoisotopic (exact) mass is 358 g/mol. The van der Waals surface area contributed by atoms with E-state index in [1.54, 1.807) is 22.7 Å². The van der Waals surface area contributed by atoms with Gasteiger partial charge >= 0.3 is 0 Å². The molecule has 2 N–H and O–H groups in total. The number of hydrogen-bond donors (Lipinski definition) is 2. The van der Waals surface area contributed by atoms with Gasteiger partial charge in [0.05, 0.1) is 6.54 Å². The molecule has 0 aliphatic carbocycles. The quantitative estimate of drug-likeness (QED) is 0.883. The third-order valence-corrected chi connectivity index (χ3v) is 5.57. The van der Waals surface area contributed by atoms with Crippen molar-refractivity contribution in [2.45, 2.75) is 20.3 Å². The molecule has 6 nitrogen and oxygen atoms in total. The van der Waals surface area contributed by atoms with E-state index in [-0.39, 0.29) is 0 Å². The Morgan fingerprint density at radius 3 is 2.67 bits per heavy atom. The van der Waals surface area contributed by atoms with Crippen molar-refractivity contribution >= 4 is 45.0 Å². The summed E-state index contributed by atoms with van der Waals surface area (Å²) in [7, 11) is 0. The first-order chi connectivity index (χ1) is 11.7. The van der Waals surface area contributed by atoms with E-state index in [1.165, 1.54) is 11.1 Å². The molecule has 0 radical (unpaired) electrons. The third-order valence-electron chi connectivity index (χ3n) is 3.95. The number of nitrogens with one attached hydrogen (secondary N) is 2. The lowest BCUT2D eigenvalue weighted by Crippen LogP contribution is -2.35. The normalized spacial score (nSPS) is 17.6. The number of thiazole rings is 2. The Morgan fingerprint density at radius 2 is 1.92 bits per heavy atom. The Kier molecular flexibility index (Phi) is 4.15. The summed E-state index contributed by atoms with van der Waals surface area (Å²) in [6.45, 7) is 6.78. The van der Waals surface area contributed by atoms with E-state index in [9.17, 15) is 0 Å². The summed E-state index contributed by atoms with van der Waals surface area (Å²) >= 11 is 3.22. The maximum absolute atomic E-state index is 4.77. The maximum atomic E-state index is 4.77. The molecule has 2 aliphatic heterocycles. The van der Waals surface area contributed by atoms with Gasteiger partial charge in [-0.05, 0) is 25.8 Å². The number of aromatic nitrogens is 2. The molecule has 0 fully saturated rings. The van der Waals surface area contributed by atoms with Crippen LogP contribution in [-0.4, -0.2) is 41.3 Å². The van der Waals surface area contributed by atoms with Crippen LogP contribution in [-0.2, 0) is 0 Å². The van der Waals surface area contributed by atoms with Gasteiger partial charge in [-0.1, -0.05) is 0 Å². The van der Waals surface area contributed by atoms with Crippen LogP contribution in [0.25, 0.3) is 17.0 Å². The van der Waals surface area contributed by atoms with Gasteiger partial charge in [0, 0.05) is 35.1 Å². The molecule has 124 valence electrons. The van der Waals surface area contributed by atoms with Gasteiger partial charge in [-0.3, -0.25) is 9.98 Å². The molecule has 24 heavy (non-hydrogen) atoms.